The molecule has 7 aromatic carbocycles. The van der Waals surface area contributed by atoms with Gasteiger partial charge in [-0.1, -0.05) is 182 Å². The predicted molar refractivity (Wildman–Crippen MR) is 198 cm³/mol. The maximum Gasteiger partial charge on any atom is 0.164 e. The highest BCUT2D eigenvalue weighted by molar-refractivity contribution is 5.76. The molecule has 0 atom stereocenters. The van der Waals surface area contributed by atoms with Gasteiger partial charge >= 0.3 is 0 Å². The molecule has 0 radical (unpaired) electrons. The minimum atomic E-state index is 0.638. The third-order valence-electron chi connectivity index (χ3n) is 8.58. The summed E-state index contributed by atoms with van der Waals surface area (Å²) in [6, 6.07) is 65.3. The molecule has 3 heteroatoms. The molecule has 0 N–H and O–H groups in total. The Morgan fingerprint density at radius 3 is 0.750 bits per heavy atom. The van der Waals surface area contributed by atoms with Crippen molar-refractivity contribution in [1.82, 2.24) is 15.0 Å². The second-order valence-electron chi connectivity index (χ2n) is 11.7. The Balaban J connectivity index is 1.16. The van der Waals surface area contributed by atoms with Crippen molar-refractivity contribution < 1.29 is 0 Å². The van der Waals surface area contributed by atoms with Crippen LogP contribution in [0.5, 0.6) is 0 Å². The lowest BCUT2D eigenvalue weighted by molar-refractivity contribution is 1.07. The van der Waals surface area contributed by atoms with E-state index in [1.807, 2.05) is 18.2 Å². The molecule has 1 aromatic heterocycles. The lowest BCUT2D eigenvalue weighted by Crippen LogP contribution is -2.00. The quantitative estimate of drug-likeness (QED) is 0.179. The van der Waals surface area contributed by atoms with Crippen LogP contribution in [-0.2, 0) is 0 Å². The molecule has 0 aliphatic carbocycles. The first-order chi connectivity index (χ1) is 23.8. The van der Waals surface area contributed by atoms with E-state index in [1.54, 1.807) is 0 Å². The molecule has 0 spiro atoms. The van der Waals surface area contributed by atoms with E-state index in [-0.39, 0.29) is 0 Å². The predicted octanol–water partition coefficient (Wildman–Crippen LogP) is 11.5. The first-order valence-electron chi connectivity index (χ1n) is 16.1. The molecule has 1 heterocycles. The third-order valence-corrected chi connectivity index (χ3v) is 8.58. The van der Waals surface area contributed by atoms with E-state index >= 15 is 0 Å². The standard InChI is InChI=1S/C45H31N3/c1-4-11-32(12-5-1)35-19-25-38(26-20-35)43-46-44(39-27-21-36(22-28-39)33-13-6-2-7-14-33)48-45(47-43)40-29-23-37(24-30-40)42-18-10-17-41(31-42)34-15-8-3-9-16-34/h1-31H. The Kier molecular flexibility index (Phi) is 7.92. The van der Waals surface area contributed by atoms with Gasteiger partial charge in [0.15, 0.2) is 17.5 Å². The summed E-state index contributed by atoms with van der Waals surface area (Å²) in [4.78, 5) is 15.0. The van der Waals surface area contributed by atoms with Crippen LogP contribution in [0.1, 0.15) is 0 Å². The number of aromatic nitrogens is 3. The summed E-state index contributed by atoms with van der Waals surface area (Å²) in [5.74, 6) is 1.92. The lowest BCUT2D eigenvalue weighted by atomic mass is 9.98. The summed E-state index contributed by atoms with van der Waals surface area (Å²) >= 11 is 0. The molecule has 0 unspecified atom stereocenters. The van der Waals surface area contributed by atoms with Gasteiger partial charge in [-0.3, -0.25) is 0 Å². The zero-order chi connectivity index (χ0) is 32.1. The first kappa shape index (κ1) is 29.0. The van der Waals surface area contributed by atoms with Gasteiger partial charge in [0.05, 0.1) is 0 Å². The first-order valence-corrected chi connectivity index (χ1v) is 16.1. The van der Waals surface area contributed by atoms with Gasteiger partial charge in [0.25, 0.3) is 0 Å². The summed E-state index contributed by atoms with van der Waals surface area (Å²) < 4.78 is 0. The van der Waals surface area contributed by atoms with Crippen LogP contribution >= 0.6 is 0 Å². The third kappa shape index (κ3) is 6.18. The molecule has 8 rings (SSSR count). The van der Waals surface area contributed by atoms with E-state index in [0.29, 0.717) is 17.5 Å². The van der Waals surface area contributed by atoms with Crippen LogP contribution in [0.4, 0.5) is 0 Å². The van der Waals surface area contributed by atoms with E-state index in [4.69, 9.17) is 15.0 Å². The van der Waals surface area contributed by atoms with Gasteiger partial charge in [-0.05, 0) is 50.6 Å². The Labute approximate surface area is 280 Å². The molecule has 3 nitrogen and oxygen atoms in total. The summed E-state index contributed by atoms with van der Waals surface area (Å²) in [6.07, 6.45) is 0. The van der Waals surface area contributed by atoms with Crippen LogP contribution in [0, 0.1) is 0 Å². The summed E-state index contributed by atoms with van der Waals surface area (Å²) in [5, 5.41) is 0. The van der Waals surface area contributed by atoms with Crippen LogP contribution in [0.15, 0.2) is 188 Å². The van der Waals surface area contributed by atoms with Gasteiger partial charge < -0.3 is 0 Å². The number of hydrogen-bond acceptors (Lipinski definition) is 3. The van der Waals surface area contributed by atoms with Gasteiger partial charge in [0, 0.05) is 16.7 Å². The van der Waals surface area contributed by atoms with Crippen molar-refractivity contribution in [2.75, 3.05) is 0 Å². The van der Waals surface area contributed by atoms with Crippen LogP contribution in [0.3, 0.4) is 0 Å². The van der Waals surface area contributed by atoms with E-state index < -0.39 is 0 Å². The summed E-state index contributed by atoms with van der Waals surface area (Å²) in [7, 11) is 0. The average Bonchev–Trinajstić information content (AvgIpc) is 3.19. The Bertz CT molecular complexity index is 2180. The monoisotopic (exact) mass is 613 g/mol. The normalized spacial score (nSPS) is 10.9. The Morgan fingerprint density at radius 2 is 0.417 bits per heavy atom. The van der Waals surface area contributed by atoms with Crippen molar-refractivity contribution in [2.45, 2.75) is 0 Å². The zero-order valence-electron chi connectivity index (χ0n) is 26.2. The van der Waals surface area contributed by atoms with Gasteiger partial charge in [0.1, 0.15) is 0 Å². The van der Waals surface area contributed by atoms with Gasteiger partial charge in [0.2, 0.25) is 0 Å². The molecule has 0 bridgehead atoms. The number of nitrogens with zero attached hydrogens (tertiary/aromatic N) is 3. The number of rotatable bonds is 7. The fraction of sp³-hybridized carbons (Fsp3) is 0. The van der Waals surface area contributed by atoms with Crippen molar-refractivity contribution in [3.8, 4) is 78.7 Å². The van der Waals surface area contributed by atoms with E-state index in [1.165, 1.54) is 22.3 Å². The molecule has 0 fully saturated rings. The molecule has 226 valence electrons. The van der Waals surface area contributed by atoms with Crippen molar-refractivity contribution in [3.05, 3.63) is 188 Å². The molecular weight excluding hydrogens is 583 g/mol. The van der Waals surface area contributed by atoms with Crippen LogP contribution in [-0.4, -0.2) is 15.0 Å². The second kappa shape index (κ2) is 13.1. The zero-order valence-corrected chi connectivity index (χ0v) is 26.2. The largest absolute Gasteiger partial charge is 0.208 e. The summed E-state index contributed by atoms with van der Waals surface area (Å²) in [6.45, 7) is 0. The SMILES string of the molecule is c1ccc(-c2ccc(-c3nc(-c4ccc(-c5ccccc5)cc4)nc(-c4ccc(-c5cccc(-c6ccccc6)c5)cc4)n3)cc2)cc1. The van der Waals surface area contributed by atoms with Gasteiger partial charge in [-0.2, -0.15) is 0 Å². The minimum Gasteiger partial charge on any atom is -0.208 e. The van der Waals surface area contributed by atoms with Crippen LogP contribution < -0.4 is 0 Å². The molecule has 0 amide bonds. The molecule has 0 saturated heterocycles. The number of hydrogen-bond donors (Lipinski definition) is 0. The highest BCUT2D eigenvalue weighted by Gasteiger charge is 2.13. The van der Waals surface area contributed by atoms with Gasteiger partial charge in [-0.15, -0.1) is 0 Å². The van der Waals surface area contributed by atoms with Crippen molar-refractivity contribution >= 4 is 0 Å². The highest BCUT2D eigenvalue weighted by Crippen LogP contribution is 2.31. The molecule has 48 heavy (non-hydrogen) atoms. The Hall–Kier alpha value is -6.45. The number of benzene rings is 7. The molecular formula is C45H31N3. The maximum atomic E-state index is 5.00. The van der Waals surface area contributed by atoms with Crippen molar-refractivity contribution in [1.29, 1.82) is 0 Å². The highest BCUT2D eigenvalue weighted by atomic mass is 15.0. The topological polar surface area (TPSA) is 38.7 Å². The maximum absolute atomic E-state index is 5.00. The van der Waals surface area contributed by atoms with Crippen LogP contribution in [0.25, 0.3) is 78.7 Å². The van der Waals surface area contributed by atoms with Crippen molar-refractivity contribution in [3.63, 3.8) is 0 Å². The van der Waals surface area contributed by atoms with Crippen LogP contribution in [0.2, 0.25) is 0 Å². The van der Waals surface area contributed by atoms with Gasteiger partial charge in [-0.25, -0.2) is 15.0 Å². The minimum absolute atomic E-state index is 0.638. The fourth-order valence-corrected chi connectivity index (χ4v) is 5.97. The molecule has 0 saturated carbocycles. The van der Waals surface area contributed by atoms with Crippen molar-refractivity contribution in [2.24, 2.45) is 0 Å². The van der Waals surface area contributed by atoms with E-state index in [2.05, 4.69) is 170 Å². The van der Waals surface area contributed by atoms with E-state index in [0.717, 1.165) is 38.9 Å². The smallest absolute Gasteiger partial charge is 0.164 e. The average molecular weight is 614 g/mol. The van der Waals surface area contributed by atoms with E-state index in [9.17, 15) is 0 Å². The summed E-state index contributed by atoms with van der Waals surface area (Å²) in [5.41, 5.74) is 12.2. The lowest BCUT2D eigenvalue weighted by Gasteiger charge is -2.11. The molecule has 0 aliphatic heterocycles. The molecule has 0 aliphatic rings. The fourth-order valence-electron chi connectivity index (χ4n) is 5.97. The Morgan fingerprint density at radius 1 is 0.188 bits per heavy atom. The second-order valence-corrected chi connectivity index (χ2v) is 11.7. The molecule has 8 aromatic rings.